The number of nitrogens with two attached hydrogens (primary N) is 1. The van der Waals surface area contributed by atoms with E-state index in [1.165, 1.54) is 0 Å². The smallest absolute Gasteiger partial charge is 0.354 e. The van der Waals surface area contributed by atoms with Gasteiger partial charge in [-0.3, -0.25) is 4.57 Å². The van der Waals surface area contributed by atoms with Crippen LogP contribution in [0.3, 0.4) is 0 Å². The largest absolute Gasteiger partial charge is 0.390 e. The highest BCUT2D eigenvalue weighted by Gasteiger charge is 2.43. The molecule has 5 N–H and O–H groups in total. The van der Waals surface area contributed by atoms with E-state index in [9.17, 15) is 19.5 Å². The zero-order valence-corrected chi connectivity index (χ0v) is 13.6. The van der Waals surface area contributed by atoms with E-state index in [-0.39, 0.29) is 18.9 Å². The third-order valence-corrected chi connectivity index (χ3v) is 5.51. The summed E-state index contributed by atoms with van der Waals surface area (Å²) < 4.78 is 18.3. The Morgan fingerprint density at radius 3 is 2.75 bits per heavy atom. The van der Waals surface area contributed by atoms with E-state index in [0.717, 1.165) is 18.5 Å². The van der Waals surface area contributed by atoms with Gasteiger partial charge in [-0.1, -0.05) is 0 Å². The van der Waals surface area contributed by atoms with Gasteiger partial charge in [0.15, 0.2) is 11.5 Å². The Balaban J connectivity index is 1.62. The van der Waals surface area contributed by atoms with E-state index in [0.29, 0.717) is 17.1 Å². The van der Waals surface area contributed by atoms with Crippen LogP contribution in [0.2, 0.25) is 0 Å². The molecule has 2 aliphatic rings. The molecule has 11 heteroatoms. The first kappa shape index (κ1) is 15.9. The van der Waals surface area contributed by atoms with Crippen LogP contribution in [0.25, 0.3) is 11.2 Å². The van der Waals surface area contributed by atoms with Gasteiger partial charge in [-0.05, 0) is 12.8 Å². The SMILES string of the molecule is Nc1nc(C2CC2)c2ncn(C[C@H]3O[C@@H](P(=O)(O)O)C[C@H]3O)c2n1. The van der Waals surface area contributed by atoms with Gasteiger partial charge in [-0.2, -0.15) is 4.98 Å². The van der Waals surface area contributed by atoms with Crippen LogP contribution < -0.4 is 5.73 Å². The highest BCUT2D eigenvalue weighted by atomic mass is 31.2. The van der Waals surface area contributed by atoms with Crippen LogP contribution in [-0.4, -0.2) is 52.5 Å². The molecule has 3 heterocycles. The first-order chi connectivity index (χ1) is 11.3. The molecule has 2 fully saturated rings. The molecule has 4 rings (SSSR count). The number of hydrogen-bond donors (Lipinski definition) is 4. The summed E-state index contributed by atoms with van der Waals surface area (Å²) in [7, 11) is -4.40. The molecule has 2 aromatic heterocycles. The topological polar surface area (TPSA) is 157 Å². The monoisotopic (exact) mass is 355 g/mol. The number of anilines is 1. The van der Waals surface area contributed by atoms with Crippen LogP contribution in [-0.2, 0) is 15.8 Å². The van der Waals surface area contributed by atoms with Crippen LogP contribution in [0.4, 0.5) is 5.95 Å². The van der Waals surface area contributed by atoms with Crippen molar-refractivity contribution in [1.82, 2.24) is 19.5 Å². The number of nitrogens with zero attached hydrogens (tertiary/aromatic N) is 4. The fourth-order valence-corrected chi connectivity index (χ4v) is 3.85. The predicted octanol–water partition coefficient (Wildman–Crippen LogP) is -0.0605. The van der Waals surface area contributed by atoms with Gasteiger partial charge in [0.25, 0.3) is 0 Å². The first-order valence-corrected chi connectivity index (χ1v) is 9.38. The second-order valence-electron chi connectivity index (χ2n) is 6.33. The fourth-order valence-electron chi connectivity index (χ4n) is 3.04. The van der Waals surface area contributed by atoms with Crippen molar-refractivity contribution in [3.63, 3.8) is 0 Å². The number of imidazole rings is 1. The summed E-state index contributed by atoms with van der Waals surface area (Å²) in [5.41, 5.74) is 7.83. The highest BCUT2D eigenvalue weighted by Crippen LogP contribution is 2.48. The summed E-state index contributed by atoms with van der Waals surface area (Å²) in [6, 6.07) is 0. The maximum absolute atomic E-state index is 11.3. The zero-order chi connectivity index (χ0) is 17.1. The number of aliphatic hydroxyl groups is 1. The Labute approximate surface area is 136 Å². The van der Waals surface area contributed by atoms with Gasteiger partial charge in [0.05, 0.1) is 24.7 Å². The minimum absolute atomic E-state index is 0.105. The molecular formula is C13H18N5O5P. The van der Waals surface area contributed by atoms with Crippen LogP contribution in [0.5, 0.6) is 0 Å². The molecule has 3 atom stereocenters. The number of nitrogen functional groups attached to an aromatic ring is 1. The third kappa shape index (κ3) is 2.80. The summed E-state index contributed by atoms with van der Waals surface area (Å²) >= 11 is 0. The number of rotatable bonds is 4. The van der Waals surface area contributed by atoms with Crippen molar-refractivity contribution in [3.05, 3.63) is 12.0 Å². The number of hydrogen-bond acceptors (Lipinski definition) is 7. The van der Waals surface area contributed by atoms with Gasteiger partial charge >= 0.3 is 7.60 Å². The van der Waals surface area contributed by atoms with E-state index in [4.69, 9.17) is 10.5 Å². The van der Waals surface area contributed by atoms with Crippen LogP contribution >= 0.6 is 7.60 Å². The van der Waals surface area contributed by atoms with E-state index < -0.39 is 25.6 Å². The number of aromatic nitrogens is 4. The Morgan fingerprint density at radius 2 is 2.12 bits per heavy atom. The molecule has 24 heavy (non-hydrogen) atoms. The Hall–Kier alpha value is -1.58. The van der Waals surface area contributed by atoms with Crippen molar-refractivity contribution in [2.45, 2.75) is 49.8 Å². The van der Waals surface area contributed by atoms with Gasteiger partial charge in [0.2, 0.25) is 5.95 Å². The lowest BCUT2D eigenvalue weighted by molar-refractivity contribution is 0.0163. The van der Waals surface area contributed by atoms with Gasteiger partial charge in [0, 0.05) is 12.3 Å². The standard InChI is InChI=1S/C13H18N5O5P/c14-13-16-10(6-1-2-6)11-12(17-13)18(5-15-11)4-8-7(19)3-9(23-8)24(20,21)22/h5-9,19H,1-4H2,(H2,14,16,17)(H2,20,21,22)/t7-,8-,9+/m1/s1. The van der Waals surface area contributed by atoms with Crippen LogP contribution in [0.1, 0.15) is 30.9 Å². The van der Waals surface area contributed by atoms with Crippen molar-refractivity contribution >= 4 is 24.7 Å². The average molecular weight is 355 g/mol. The summed E-state index contributed by atoms with van der Waals surface area (Å²) in [4.78, 5) is 31.3. The molecular weight excluding hydrogens is 337 g/mol. The molecule has 1 aliphatic carbocycles. The molecule has 0 radical (unpaired) electrons. The summed E-state index contributed by atoms with van der Waals surface area (Å²) in [6.07, 6.45) is 1.83. The number of ether oxygens (including phenoxy) is 1. The quantitative estimate of drug-likeness (QED) is 0.551. The molecule has 2 aromatic rings. The van der Waals surface area contributed by atoms with Crippen molar-refractivity contribution < 1.29 is 24.2 Å². The second kappa shape index (κ2) is 5.47. The molecule has 0 unspecified atom stereocenters. The second-order valence-corrected chi connectivity index (χ2v) is 8.09. The van der Waals surface area contributed by atoms with Crippen molar-refractivity contribution in [2.75, 3.05) is 5.73 Å². The Bertz CT molecular complexity index is 832. The van der Waals surface area contributed by atoms with Gasteiger partial charge in [-0.15, -0.1) is 0 Å². The maximum atomic E-state index is 11.3. The van der Waals surface area contributed by atoms with Gasteiger partial charge in [0.1, 0.15) is 11.6 Å². The molecule has 10 nitrogen and oxygen atoms in total. The van der Waals surface area contributed by atoms with Crippen LogP contribution in [0.15, 0.2) is 6.33 Å². The summed E-state index contributed by atoms with van der Waals surface area (Å²) in [6.45, 7) is 0.175. The molecule has 0 bridgehead atoms. The summed E-state index contributed by atoms with van der Waals surface area (Å²) in [5, 5.41) is 10.0. The van der Waals surface area contributed by atoms with Crippen molar-refractivity contribution in [3.8, 4) is 0 Å². The van der Waals surface area contributed by atoms with Gasteiger partial charge in [-0.25, -0.2) is 9.97 Å². The third-order valence-electron chi connectivity index (χ3n) is 4.43. The first-order valence-electron chi connectivity index (χ1n) is 7.70. The van der Waals surface area contributed by atoms with E-state index in [1.54, 1.807) is 10.9 Å². The minimum Gasteiger partial charge on any atom is -0.390 e. The molecule has 0 spiro atoms. The fraction of sp³-hybridized carbons (Fsp3) is 0.615. The molecule has 1 aliphatic heterocycles. The van der Waals surface area contributed by atoms with Crippen molar-refractivity contribution in [2.24, 2.45) is 0 Å². The minimum atomic E-state index is -4.40. The van der Waals surface area contributed by atoms with E-state index in [1.807, 2.05) is 0 Å². The number of aliphatic hydroxyl groups excluding tert-OH is 1. The lowest BCUT2D eigenvalue weighted by atomic mass is 10.2. The maximum Gasteiger partial charge on any atom is 0.354 e. The normalized spacial score (nSPS) is 27.9. The molecule has 1 saturated heterocycles. The highest BCUT2D eigenvalue weighted by molar-refractivity contribution is 7.52. The lowest BCUT2D eigenvalue weighted by Gasteiger charge is -2.16. The average Bonchev–Trinajstić information content (AvgIpc) is 3.17. The predicted molar refractivity (Wildman–Crippen MR) is 83.0 cm³/mol. The van der Waals surface area contributed by atoms with E-state index in [2.05, 4.69) is 15.0 Å². The lowest BCUT2D eigenvalue weighted by Crippen LogP contribution is -2.26. The molecule has 1 saturated carbocycles. The van der Waals surface area contributed by atoms with Crippen LogP contribution in [0, 0.1) is 0 Å². The molecule has 0 amide bonds. The van der Waals surface area contributed by atoms with Crippen molar-refractivity contribution in [1.29, 1.82) is 0 Å². The zero-order valence-electron chi connectivity index (χ0n) is 12.7. The number of fused-ring (bicyclic) bond motifs is 1. The summed E-state index contributed by atoms with van der Waals surface area (Å²) in [5.74, 6) is -0.769. The molecule has 0 aromatic carbocycles. The van der Waals surface area contributed by atoms with E-state index >= 15 is 0 Å². The Morgan fingerprint density at radius 1 is 1.38 bits per heavy atom. The van der Waals surface area contributed by atoms with Gasteiger partial charge < -0.3 is 29.9 Å². The Kier molecular flexibility index (Phi) is 3.63. The molecule has 130 valence electrons.